The number of amides is 1. The molecule has 4 nitrogen and oxygen atoms in total. The van der Waals surface area contributed by atoms with Crippen molar-refractivity contribution >= 4 is 5.91 Å². The number of ether oxygens (including phenoxy) is 1. The lowest BCUT2D eigenvalue weighted by atomic mass is 10.0. The fraction of sp³-hybridized carbons (Fsp3) is 0.917. The summed E-state index contributed by atoms with van der Waals surface area (Å²) >= 11 is 0. The topological polar surface area (TPSA) is 41.6 Å². The summed E-state index contributed by atoms with van der Waals surface area (Å²) < 4.78 is 5.63. The molecule has 0 bridgehead atoms. The molecular formula is C12H24N2O2. The van der Waals surface area contributed by atoms with Crippen molar-refractivity contribution < 1.29 is 9.53 Å². The highest BCUT2D eigenvalue weighted by atomic mass is 16.5. The van der Waals surface area contributed by atoms with Gasteiger partial charge in [-0.3, -0.25) is 4.79 Å². The quantitative estimate of drug-likeness (QED) is 0.781. The molecule has 0 aromatic heterocycles. The van der Waals surface area contributed by atoms with Crippen molar-refractivity contribution in [1.82, 2.24) is 10.2 Å². The van der Waals surface area contributed by atoms with Gasteiger partial charge in [-0.2, -0.15) is 0 Å². The molecule has 1 amide bonds. The minimum atomic E-state index is -0.497. The van der Waals surface area contributed by atoms with Gasteiger partial charge in [-0.05, 0) is 40.2 Å². The summed E-state index contributed by atoms with van der Waals surface area (Å²) in [7, 11) is 3.65. The standard InChI is InChI=1S/C12H24N2O2/c1-12(2,13-3)11(15)14(4)9-10-7-5-6-8-16-10/h10,13H,5-9H2,1-4H3. The molecule has 1 heterocycles. The third-order valence-corrected chi connectivity index (χ3v) is 3.26. The van der Waals surface area contributed by atoms with E-state index in [0.717, 1.165) is 19.4 Å². The molecule has 1 saturated heterocycles. The maximum absolute atomic E-state index is 12.1. The molecule has 16 heavy (non-hydrogen) atoms. The molecule has 1 aliphatic rings. The summed E-state index contributed by atoms with van der Waals surface area (Å²) in [5.74, 6) is 0.115. The molecule has 4 heteroatoms. The van der Waals surface area contributed by atoms with E-state index < -0.39 is 5.54 Å². The molecule has 0 aliphatic carbocycles. The number of nitrogens with one attached hydrogen (secondary N) is 1. The lowest BCUT2D eigenvalue weighted by molar-refractivity contribution is -0.137. The first kappa shape index (κ1) is 13.5. The predicted molar refractivity (Wildman–Crippen MR) is 64.4 cm³/mol. The van der Waals surface area contributed by atoms with Gasteiger partial charge in [0.05, 0.1) is 11.6 Å². The van der Waals surface area contributed by atoms with Gasteiger partial charge in [-0.15, -0.1) is 0 Å². The van der Waals surface area contributed by atoms with Crippen molar-refractivity contribution in [1.29, 1.82) is 0 Å². The van der Waals surface area contributed by atoms with Gasteiger partial charge in [0.25, 0.3) is 0 Å². The third kappa shape index (κ3) is 3.46. The average Bonchev–Trinajstić information content (AvgIpc) is 2.29. The van der Waals surface area contributed by atoms with E-state index in [-0.39, 0.29) is 12.0 Å². The van der Waals surface area contributed by atoms with E-state index in [1.165, 1.54) is 6.42 Å². The van der Waals surface area contributed by atoms with E-state index >= 15 is 0 Å². The van der Waals surface area contributed by atoms with Gasteiger partial charge in [-0.25, -0.2) is 0 Å². The van der Waals surface area contributed by atoms with Gasteiger partial charge in [0, 0.05) is 20.2 Å². The molecule has 0 saturated carbocycles. The summed E-state index contributed by atoms with van der Waals surface area (Å²) in [5.41, 5.74) is -0.497. The van der Waals surface area contributed by atoms with E-state index in [4.69, 9.17) is 4.74 Å². The molecular weight excluding hydrogens is 204 g/mol. The minimum Gasteiger partial charge on any atom is -0.376 e. The summed E-state index contributed by atoms with van der Waals surface area (Å²) in [5, 5.41) is 3.03. The minimum absolute atomic E-state index is 0.115. The lowest BCUT2D eigenvalue weighted by Crippen LogP contribution is -2.53. The van der Waals surface area contributed by atoms with Gasteiger partial charge >= 0.3 is 0 Å². The maximum Gasteiger partial charge on any atom is 0.242 e. The molecule has 1 N–H and O–H groups in total. The SMILES string of the molecule is CNC(C)(C)C(=O)N(C)CC1CCCCO1. The van der Waals surface area contributed by atoms with Crippen molar-refractivity contribution in [3.8, 4) is 0 Å². The first-order valence-electron chi connectivity index (χ1n) is 6.03. The fourth-order valence-electron chi connectivity index (χ4n) is 1.92. The molecule has 94 valence electrons. The Kier molecular flexibility index (Phi) is 4.74. The summed E-state index contributed by atoms with van der Waals surface area (Å²) in [6.07, 6.45) is 3.64. The van der Waals surface area contributed by atoms with Gasteiger partial charge in [0.15, 0.2) is 0 Å². The summed E-state index contributed by atoms with van der Waals surface area (Å²) in [6, 6.07) is 0. The summed E-state index contributed by atoms with van der Waals surface area (Å²) in [4.78, 5) is 13.8. The van der Waals surface area contributed by atoms with E-state index in [0.29, 0.717) is 6.54 Å². The number of hydrogen-bond donors (Lipinski definition) is 1. The molecule has 1 unspecified atom stereocenters. The Balaban J connectivity index is 2.44. The average molecular weight is 228 g/mol. The molecule has 1 atom stereocenters. The van der Waals surface area contributed by atoms with Crippen LogP contribution in [0.3, 0.4) is 0 Å². The van der Waals surface area contributed by atoms with Crippen LogP contribution < -0.4 is 5.32 Å². The molecule has 1 aliphatic heterocycles. The van der Waals surface area contributed by atoms with Crippen LogP contribution in [0, 0.1) is 0 Å². The van der Waals surface area contributed by atoms with Crippen molar-refractivity contribution in [3.63, 3.8) is 0 Å². The zero-order valence-corrected chi connectivity index (χ0v) is 10.9. The van der Waals surface area contributed by atoms with Crippen LogP contribution in [-0.4, -0.2) is 49.7 Å². The zero-order valence-electron chi connectivity index (χ0n) is 10.9. The highest BCUT2D eigenvalue weighted by molar-refractivity contribution is 5.85. The van der Waals surface area contributed by atoms with Gasteiger partial charge in [0.1, 0.15) is 0 Å². The van der Waals surface area contributed by atoms with Crippen LogP contribution in [-0.2, 0) is 9.53 Å². The second kappa shape index (κ2) is 5.64. The summed E-state index contributed by atoms with van der Waals surface area (Å²) in [6.45, 7) is 5.33. The number of nitrogens with zero attached hydrogens (tertiary/aromatic N) is 1. The van der Waals surface area contributed by atoms with Crippen molar-refractivity contribution in [3.05, 3.63) is 0 Å². The number of carbonyl (C=O) groups excluding carboxylic acids is 1. The maximum atomic E-state index is 12.1. The van der Waals surface area contributed by atoms with E-state index in [9.17, 15) is 4.79 Å². The van der Waals surface area contributed by atoms with Crippen LogP contribution in [0.2, 0.25) is 0 Å². The Morgan fingerprint density at radius 2 is 2.19 bits per heavy atom. The largest absolute Gasteiger partial charge is 0.376 e. The molecule has 0 aromatic carbocycles. The van der Waals surface area contributed by atoms with Crippen LogP contribution in [0.4, 0.5) is 0 Å². The Hall–Kier alpha value is -0.610. The Morgan fingerprint density at radius 3 is 2.69 bits per heavy atom. The van der Waals surface area contributed by atoms with Gasteiger partial charge in [-0.1, -0.05) is 0 Å². The Bertz CT molecular complexity index is 235. The van der Waals surface area contributed by atoms with Crippen LogP contribution in [0.25, 0.3) is 0 Å². The zero-order chi connectivity index (χ0) is 12.2. The second-order valence-corrected chi connectivity index (χ2v) is 5.05. The van der Waals surface area contributed by atoms with Crippen molar-refractivity contribution in [2.24, 2.45) is 0 Å². The number of hydrogen-bond acceptors (Lipinski definition) is 3. The lowest BCUT2D eigenvalue weighted by Gasteiger charge is -2.32. The Labute approximate surface area is 98.3 Å². The highest BCUT2D eigenvalue weighted by Gasteiger charge is 2.29. The van der Waals surface area contributed by atoms with E-state index in [2.05, 4.69) is 5.32 Å². The number of carbonyl (C=O) groups is 1. The molecule has 0 radical (unpaired) electrons. The fourth-order valence-corrected chi connectivity index (χ4v) is 1.92. The normalized spacial score (nSPS) is 21.9. The van der Waals surface area contributed by atoms with Crippen LogP contribution >= 0.6 is 0 Å². The molecule has 0 aromatic rings. The van der Waals surface area contributed by atoms with Crippen molar-refractivity contribution in [2.45, 2.75) is 44.8 Å². The first-order chi connectivity index (χ1) is 7.47. The monoisotopic (exact) mass is 228 g/mol. The number of likely N-dealkylation sites (N-methyl/N-ethyl adjacent to an activating group) is 2. The van der Waals surface area contributed by atoms with Crippen LogP contribution in [0.1, 0.15) is 33.1 Å². The Morgan fingerprint density at radius 1 is 1.50 bits per heavy atom. The second-order valence-electron chi connectivity index (χ2n) is 5.05. The van der Waals surface area contributed by atoms with Crippen LogP contribution in [0.15, 0.2) is 0 Å². The smallest absolute Gasteiger partial charge is 0.242 e. The molecule has 0 spiro atoms. The van der Waals surface area contributed by atoms with Gasteiger partial charge in [0.2, 0.25) is 5.91 Å². The van der Waals surface area contributed by atoms with Gasteiger partial charge < -0.3 is 15.0 Å². The predicted octanol–water partition coefficient (Wildman–Crippen LogP) is 1.01. The van der Waals surface area contributed by atoms with Crippen LogP contribution in [0.5, 0.6) is 0 Å². The molecule has 1 rings (SSSR count). The first-order valence-corrected chi connectivity index (χ1v) is 6.03. The number of rotatable bonds is 4. The van der Waals surface area contributed by atoms with Crippen molar-refractivity contribution in [2.75, 3.05) is 27.2 Å². The molecule has 1 fully saturated rings. The third-order valence-electron chi connectivity index (χ3n) is 3.26. The van der Waals surface area contributed by atoms with E-state index in [1.807, 2.05) is 27.9 Å². The van der Waals surface area contributed by atoms with E-state index in [1.54, 1.807) is 4.90 Å². The highest BCUT2D eigenvalue weighted by Crippen LogP contribution is 2.15.